The first kappa shape index (κ1) is 18.1. The van der Waals surface area contributed by atoms with Crippen LogP contribution in [0.25, 0.3) is 5.57 Å². The van der Waals surface area contributed by atoms with Gasteiger partial charge < -0.3 is 5.32 Å². The highest BCUT2D eigenvalue weighted by Crippen LogP contribution is 2.28. The number of alkyl halides is 3. The van der Waals surface area contributed by atoms with Crippen LogP contribution in [0.3, 0.4) is 0 Å². The zero-order valence-corrected chi connectivity index (χ0v) is 14.0. The summed E-state index contributed by atoms with van der Waals surface area (Å²) < 4.78 is 38.0. The maximum Gasteiger partial charge on any atom is 0.433 e. The molecule has 2 aromatic heterocycles. The number of carbonyl (C=O) groups is 1. The van der Waals surface area contributed by atoms with Crippen molar-refractivity contribution < 1.29 is 18.0 Å². The third-order valence-corrected chi connectivity index (χ3v) is 4.13. The molecule has 0 spiro atoms. The highest BCUT2D eigenvalue weighted by Gasteiger charge is 2.32. The van der Waals surface area contributed by atoms with Gasteiger partial charge in [-0.1, -0.05) is 12.1 Å². The average molecular weight is 361 g/mol. The Kier molecular flexibility index (Phi) is 5.35. The summed E-state index contributed by atoms with van der Waals surface area (Å²) in [6, 6.07) is 7.09. The van der Waals surface area contributed by atoms with Gasteiger partial charge in [0.2, 0.25) is 5.91 Å². The van der Waals surface area contributed by atoms with Crippen LogP contribution in [-0.4, -0.2) is 15.9 Å². The van der Waals surface area contributed by atoms with E-state index in [0.29, 0.717) is 5.82 Å². The van der Waals surface area contributed by atoms with Gasteiger partial charge in [0, 0.05) is 6.20 Å². The van der Waals surface area contributed by atoms with Crippen molar-refractivity contribution in [2.24, 2.45) is 0 Å². The number of carbonyl (C=O) groups excluding carboxylic acids is 1. The zero-order chi connectivity index (χ0) is 18.6. The number of anilines is 1. The van der Waals surface area contributed by atoms with Gasteiger partial charge in [0.05, 0.1) is 12.1 Å². The fraction of sp³-hybridized carbons (Fsp3) is 0.316. The first-order valence-corrected chi connectivity index (χ1v) is 8.40. The van der Waals surface area contributed by atoms with Crippen molar-refractivity contribution in [3.05, 3.63) is 59.6 Å². The van der Waals surface area contributed by atoms with Crippen molar-refractivity contribution in [1.29, 1.82) is 0 Å². The molecule has 0 bridgehead atoms. The Hall–Kier alpha value is -2.70. The molecule has 0 fully saturated rings. The van der Waals surface area contributed by atoms with Crippen molar-refractivity contribution >= 4 is 17.3 Å². The third-order valence-electron chi connectivity index (χ3n) is 4.13. The standard InChI is InChI=1S/C19H18F3N3O/c20-19(21,22)16-8-4-7-15(24-16)11-18(26)25-17-10-9-14(12-23-17)13-5-2-1-3-6-13/h4-5,7-10,12H,1-3,6,11H2,(H,23,25,26). The molecule has 1 N–H and O–H groups in total. The first-order chi connectivity index (χ1) is 12.4. The number of nitrogens with one attached hydrogen (secondary N) is 1. The van der Waals surface area contributed by atoms with Crippen LogP contribution in [0, 0.1) is 0 Å². The molecular weight excluding hydrogens is 343 g/mol. The number of rotatable bonds is 4. The molecule has 3 rings (SSSR count). The second-order valence-corrected chi connectivity index (χ2v) is 6.14. The first-order valence-electron chi connectivity index (χ1n) is 8.40. The Balaban J connectivity index is 1.62. The Morgan fingerprint density at radius 1 is 1.15 bits per heavy atom. The highest BCUT2D eigenvalue weighted by molar-refractivity contribution is 5.91. The van der Waals surface area contributed by atoms with Crippen molar-refractivity contribution in [3.63, 3.8) is 0 Å². The fourth-order valence-electron chi connectivity index (χ4n) is 2.85. The molecule has 0 aromatic carbocycles. The molecule has 4 nitrogen and oxygen atoms in total. The summed E-state index contributed by atoms with van der Waals surface area (Å²) in [6.07, 6.45) is 3.58. The van der Waals surface area contributed by atoms with E-state index in [4.69, 9.17) is 0 Å². The van der Waals surface area contributed by atoms with E-state index < -0.39 is 17.8 Å². The number of aromatic nitrogens is 2. The summed E-state index contributed by atoms with van der Waals surface area (Å²) >= 11 is 0. The summed E-state index contributed by atoms with van der Waals surface area (Å²) in [7, 11) is 0. The van der Waals surface area contributed by atoms with Crippen molar-refractivity contribution in [2.45, 2.75) is 38.3 Å². The van der Waals surface area contributed by atoms with Crippen LogP contribution >= 0.6 is 0 Å². The molecule has 2 heterocycles. The number of pyridine rings is 2. The lowest BCUT2D eigenvalue weighted by Crippen LogP contribution is -2.17. The van der Waals surface area contributed by atoms with E-state index >= 15 is 0 Å². The maximum absolute atomic E-state index is 12.7. The summed E-state index contributed by atoms with van der Waals surface area (Å²) in [4.78, 5) is 19.8. The second-order valence-electron chi connectivity index (χ2n) is 6.14. The molecule has 0 radical (unpaired) electrons. The van der Waals surface area contributed by atoms with Crippen molar-refractivity contribution in [3.8, 4) is 0 Å². The Morgan fingerprint density at radius 2 is 2.00 bits per heavy atom. The summed E-state index contributed by atoms with van der Waals surface area (Å²) in [5.74, 6) is -0.101. The second kappa shape index (κ2) is 7.68. The quantitative estimate of drug-likeness (QED) is 0.864. The third kappa shape index (κ3) is 4.68. The molecule has 7 heteroatoms. The molecule has 136 valence electrons. The molecule has 2 aromatic rings. The van der Waals surface area contributed by atoms with E-state index in [-0.39, 0.29) is 12.1 Å². The highest BCUT2D eigenvalue weighted by atomic mass is 19.4. The smallest absolute Gasteiger partial charge is 0.310 e. The van der Waals surface area contributed by atoms with Gasteiger partial charge in [-0.15, -0.1) is 0 Å². The van der Waals surface area contributed by atoms with Gasteiger partial charge in [0.25, 0.3) is 0 Å². The van der Waals surface area contributed by atoms with Gasteiger partial charge in [-0.2, -0.15) is 13.2 Å². The number of hydrogen-bond acceptors (Lipinski definition) is 3. The van der Waals surface area contributed by atoms with E-state index in [1.165, 1.54) is 24.1 Å². The largest absolute Gasteiger partial charge is 0.433 e. The Bertz CT molecular complexity index is 814. The Morgan fingerprint density at radius 3 is 2.65 bits per heavy atom. The lowest BCUT2D eigenvalue weighted by molar-refractivity contribution is -0.141. The molecular formula is C19H18F3N3O. The SMILES string of the molecule is O=C(Cc1cccc(C(F)(F)F)n1)Nc1ccc(C2=CCCCC2)cn1. The van der Waals surface area contributed by atoms with E-state index in [9.17, 15) is 18.0 Å². The van der Waals surface area contributed by atoms with Crippen LogP contribution in [0.5, 0.6) is 0 Å². The van der Waals surface area contributed by atoms with Crippen LogP contribution < -0.4 is 5.32 Å². The number of hydrogen-bond donors (Lipinski definition) is 1. The van der Waals surface area contributed by atoms with Gasteiger partial charge in [-0.3, -0.25) is 4.79 Å². The van der Waals surface area contributed by atoms with E-state index in [1.54, 1.807) is 12.3 Å². The molecule has 0 aliphatic heterocycles. The van der Waals surface area contributed by atoms with Gasteiger partial charge in [0.1, 0.15) is 11.5 Å². The predicted octanol–water partition coefficient (Wildman–Crippen LogP) is 4.63. The normalized spacial score (nSPS) is 14.7. The molecule has 26 heavy (non-hydrogen) atoms. The van der Waals surface area contributed by atoms with Crippen LogP contribution in [0.4, 0.5) is 19.0 Å². The predicted molar refractivity (Wildman–Crippen MR) is 92.3 cm³/mol. The van der Waals surface area contributed by atoms with Gasteiger partial charge >= 0.3 is 6.18 Å². The molecule has 0 atom stereocenters. The molecule has 1 amide bonds. The van der Waals surface area contributed by atoms with E-state index in [2.05, 4.69) is 21.4 Å². The average Bonchev–Trinajstić information content (AvgIpc) is 2.62. The van der Waals surface area contributed by atoms with Gasteiger partial charge in [0.15, 0.2) is 0 Å². The summed E-state index contributed by atoms with van der Waals surface area (Å²) in [5, 5.41) is 2.59. The number of amides is 1. The lowest BCUT2D eigenvalue weighted by Gasteiger charge is -2.13. The zero-order valence-electron chi connectivity index (χ0n) is 14.0. The Labute approximate surface area is 149 Å². The summed E-state index contributed by atoms with van der Waals surface area (Å²) in [6.45, 7) is 0. The fourth-order valence-corrected chi connectivity index (χ4v) is 2.85. The minimum absolute atomic E-state index is 0.0568. The minimum Gasteiger partial charge on any atom is -0.310 e. The van der Waals surface area contributed by atoms with Crippen molar-refractivity contribution in [1.82, 2.24) is 9.97 Å². The number of nitrogens with zero attached hydrogens (tertiary/aromatic N) is 2. The van der Waals surface area contributed by atoms with Crippen LogP contribution in [0.1, 0.15) is 42.6 Å². The molecule has 0 saturated carbocycles. The number of allylic oxidation sites excluding steroid dienone is 2. The van der Waals surface area contributed by atoms with Crippen LogP contribution in [-0.2, 0) is 17.4 Å². The summed E-state index contributed by atoms with van der Waals surface area (Å²) in [5.41, 5.74) is 1.34. The minimum atomic E-state index is -4.53. The van der Waals surface area contributed by atoms with Gasteiger partial charge in [-0.25, -0.2) is 9.97 Å². The number of halogens is 3. The monoisotopic (exact) mass is 361 g/mol. The maximum atomic E-state index is 12.7. The van der Waals surface area contributed by atoms with E-state index in [0.717, 1.165) is 30.9 Å². The molecule has 0 saturated heterocycles. The topological polar surface area (TPSA) is 54.9 Å². The molecule has 1 aliphatic carbocycles. The lowest BCUT2D eigenvalue weighted by atomic mass is 9.95. The van der Waals surface area contributed by atoms with E-state index in [1.807, 2.05) is 6.07 Å². The molecule has 1 aliphatic rings. The van der Waals surface area contributed by atoms with Gasteiger partial charge in [-0.05, 0) is 61.1 Å². The van der Waals surface area contributed by atoms with Crippen LogP contribution in [0.2, 0.25) is 0 Å². The van der Waals surface area contributed by atoms with Crippen molar-refractivity contribution in [2.75, 3.05) is 5.32 Å². The van der Waals surface area contributed by atoms with Crippen LogP contribution in [0.15, 0.2) is 42.6 Å². The molecule has 0 unspecified atom stereocenters.